The van der Waals surface area contributed by atoms with Crippen LogP contribution in [0.3, 0.4) is 0 Å². The van der Waals surface area contributed by atoms with Crippen molar-refractivity contribution in [3.63, 3.8) is 0 Å². The Kier molecular flexibility index (Phi) is 10.4. The molecule has 2 aliphatic rings. The molecule has 8 nitrogen and oxygen atoms in total. The zero-order chi connectivity index (χ0) is 27.9. The molecule has 2 aromatic rings. The number of hydroxylamine groups is 2. The van der Waals surface area contributed by atoms with E-state index < -0.39 is 18.1 Å². The van der Waals surface area contributed by atoms with E-state index in [2.05, 4.69) is 63.3 Å². The van der Waals surface area contributed by atoms with Crippen molar-refractivity contribution in [2.45, 2.75) is 71.7 Å². The second-order valence-electron chi connectivity index (χ2n) is 11.4. The van der Waals surface area contributed by atoms with Crippen LogP contribution in [0.25, 0.3) is 11.1 Å². The average molecular weight is 527 g/mol. The minimum Gasteiger partial charge on any atom is -0.483 e. The molecule has 1 aliphatic heterocycles. The van der Waals surface area contributed by atoms with Gasteiger partial charge in [0.25, 0.3) is 6.47 Å². The van der Waals surface area contributed by atoms with Gasteiger partial charge >= 0.3 is 0 Å². The molecular formula is C30H42N2O6. The SMILES string of the molecule is Cc1cccc(-c2cccc(CN3OC(CO)C(CO)C3C(=O)N[C@H]3CCC(C)(C)CC3C)c2)c1.O=CO. The molecular weight excluding hydrogens is 484 g/mol. The number of carbonyl (C=O) groups excluding carboxylic acids is 1. The van der Waals surface area contributed by atoms with Crippen LogP contribution in [0.2, 0.25) is 0 Å². The molecule has 1 heterocycles. The van der Waals surface area contributed by atoms with Crippen LogP contribution in [0.15, 0.2) is 48.5 Å². The van der Waals surface area contributed by atoms with Crippen LogP contribution in [-0.2, 0) is 21.0 Å². The van der Waals surface area contributed by atoms with E-state index >= 15 is 0 Å². The quantitative estimate of drug-likeness (QED) is 0.406. The topological polar surface area (TPSA) is 119 Å². The van der Waals surface area contributed by atoms with E-state index in [1.165, 1.54) is 5.56 Å². The lowest BCUT2D eigenvalue weighted by molar-refractivity contribution is -0.182. The zero-order valence-corrected chi connectivity index (χ0v) is 22.8. The summed E-state index contributed by atoms with van der Waals surface area (Å²) in [7, 11) is 0. The highest BCUT2D eigenvalue weighted by atomic mass is 16.7. The van der Waals surface area contributed by atoms with Crippen LogP contribution in [-0.4, -0.2) is 64.2 Å². The number of aryl methyl sites for hydroxylation is 1. The molecule has 2 aromatic carbocycles. The van der Waals surface area contributed by atoms with Crippen molar-refractivity contribution < 1.29 is 29.7 Å². The van der Waals surface area contributed by atoms with Gasteiger partial charge in [0.05, 0.1) is 19.8 Å². The third-order valence-corrected chi connectivity index (χ3v) is 7.76. The van der Waals surface area contributed by atoms with Gasteiger partial charge in [-0.3, -0.25) is 14.4 Å². The number of aliphatic hydroxyl groups excluding tert-OH is 2. The number of aliphatic hydroxyl groups is 2. The van der Waals surface area contributed by atoms with Crippen LogP contribution in [0, 0.1) is 24.2 Å². The summed E-state index contributed by atoms with van der Waals surface area (Å²) in [6, 6.07) is 16.0. The minimum atomic E-state index is -0.665. The number of nitrogens with one attached hydrogen (secondary N) is 1. The van der Waals surface area contributed by atoms with Gasteiger partial charge in [-0.2, -0.15) is 5.06 Å². The highest BCUT2D eigenvalue weighted by molar-refractivity contribution is 5.82. The van der Waals surface area contributed by atoms with Gasteiger partial charge in [0.1, 0.15) is 12.1 Å². The van der Waals surface area contributed by atoms with Gasteiger partial charge in [-0.15, -0.1) is 0 Å². The maximum Gasteiger partial charge on any atom is 0.290 e. The second-order valence-corrected chi connectivity index (χ2v) is 11.4. The zero-order valence-electron chi connectivity index (χ0n) is 22.8. The molecule has 8 heteroatoms. The lowest BCUT2D eigenvalue weighted by Gasteiger charge is -2.40. The van der Waals surface area contributed by atoms with Crippen molar-refractivity contribution in [1.82, 2.24) is 10.4 Å². The number of nitrogens with zero attached hydrogens (tertiary/aromatic N) is 1. The van der Waals surface area contributed by atoms with E-state index in [9.17, 15) is 15.0 Å². The molecule has 1 amide bonds. The Labute approximate surface area is 225 Å². The Hall–Kier alpha value is -2.78. The van der Waals surface area contributed by atoms with Crippen LogP contribution in [0.5, 0.6) is 0 Å². The monoisotopic (exact) mass is 526 g/mol. The standard InChI is InChI=1S/C29H40N2O4.CH2O2/c1-19-7-5-9-22(13-19)23-10-6-8-21(14-23)16-31-27(24(17-32)26(18-33)35-31)28(34)30-25-11-12-29(3,4)15-20(25)2;2-1-3/h5-10,13-14,20,24-27,32-33H,11-12,15-18H2,1-4H3,(H,30,34);1H,(H,2,3)/t20?,24?,25-,26?,27?;/m0./s1. The number of hydrogen-bond donors (Lipinski definition) is 4. The molecule has 0 radical (unpaired) electrons. The maximum absolute atomic E-state index is 13.6. The van der Waals surface area contributed by atoms with E-state index in [1.807, 2.05) is 18.2 Å². The Bertz CT molecular complexity index is 1070. The average Bonchev–Trinajstić information content (AvgIpc) is 3.23. The van der Waals surface area contributed by atoms with Gasteiger partial charge in [-0.1, -0.05) is 68.8 Å². The molecule has 1 aliphatic carbocycles. The van der Waals surface area contributed by atoms with Crippen molar-refractivity contribution in [3.05, 3.63) is 59.7 Å². The molecule has 4 unspecified atom stereocenters. The summed E-state index contributed by atoms with van der Waals surface area (Å²) in [5.41, 5.74) is 4.73. The van der Waals surface area contributed by atoms with Crippen LogP contribution in [0.1, 0.15) is 51.2 Å². The normalized spacial score (nSPS) is 26.7. The second kappa shape index (κ2) is 13.3. The minimum absolute atomic E-state index is 0.106. The first-order chi connectivity index (χ1) is 18.1. The summed E-state index contributed by atoms with van der Waals surface area (Å²) in [6.07, 6.45) is 2.47. The third-order valence-electron chi connectivity index (χ3n) is 7.76. The summed E-state index contributed by atoms with van der Waals surface area (Å²) < 4.78 is 0. The molecule has 4 N–H and O–H groups in total. The molecule has 0 spiro atoms. The summed E-state index contributed by atoms with van der Waals surface area (Å²) in [6.45, 7) is 8.51. The van der Waals surface area contributed by atoms with E-state index in [1.54, 1.807) is 5.06 Å². The number of carboxylic acid groups (broad SMARTS) is 1. The van der Waals surface area contributed by atoms with Crippen molar-refractivity contribution in [1.29, 1.82) is 0 Å². The number of rotatable bonds is 7. The predicted octanol–water partition coefficient (Wildman–Crippen LogP) is 3.78. The van der Waals surface area contributed by atoms with Crippen molar-refractivity contribution in [3.8, 4) is 11.1 Å². The van der Waals surface area contributed by atoms with Gasteiger partial charge in [0.15, 0.2) is 0 Å². The fourth-order valence-corrected chi connectivity index (χ4v) is 5.86. The van der Waals surface area contributed by atoms with Crippen molar-refractivity contribution >= 4 is 12.4 Å². The van der Waals surface area contributed by atoms with Gasteiger partial charge in [0, 0.05) is 12.0 Å². The number of carbonyl (C=O) groups is 2. The Morgan fingerprint density at radius 3 is 2.39 bits per heavy atom. The third kappa shape index (κ3) is 7.41. The fraction of sp³-hybridized carbons (Fsp3) is 0.533. The highest BCUT2D eigenvalue weighted by Crippen LogP contribution is 2.39. The fourth-order valence-electron chi connectivity index (χ4n) is 5.86. The Balaban J connectivity index is 0.00000127. The van der Waals surface area contributed by atoms with E-state index in [0.717, 1.165) is 36.0 Å². The molecule has 0 bridgehead atoms. The van der Waals surface area contributed by atoms with Gasteiger partial charge in [-0.25, -0.2) is 0 Å². The van der Waals surface area contributed by atoms with E-state index in [0.29, 0.717) is 17.9 Å². The molecule has 38 heavy (non-hydrogen) atoms. The number of benzene rings is 2. The first-order valence-corrected chi connectivity index (χ1v) is 13.3. The highest BCUT2D eigenvalue weighted by Gasteiger charge is 2.47. The molecule has 0 aromatic heterocycles. The van der Waals surface area contributed by atoms with E-state index in [4.69, 9.17) is 14.7 Å². The summed E-state index contributed by atoms with van der Waals surface area (Å²) >= 11 is 0. The lowest BCUT2D eigenvalue weighted by atomic mass is 9.70. The molecule has 4 rings (SSSR count). The smallest absolute Gasteiger partial charge is 0.290 e. The van der Waals surface area contributed by atoms with Gasteiger partial charge in [0.2, 0.25) is 5.91 Å². The van der Waals surface area contributed by atoms with Gasteiger partial charge in [-0.05, 0) is 60.3 Å². The van der Waals surface area contributed by atoms with Crippen LogP contribution in [0.4, 0.5) is 0 Å². The molecule has 208 valence electrons. The van der Waals surface area contributed by atoms with Crippen LogP contribution < -0.4 is 5.32 Å². The molecule has 1 saturated carbocycles. The largest absolute Gasteiger partial charge is 0.483 e. The number of hydrogen-bond acceptors (Lipinski definition) is 6. The lowest BCUT2D eigenvalue weighted by Crippen LogP contribution is -2.53. The Morgan fingerprint density at radius 2 is 1.79 bits per heavy atom. The first kappa shape index (κ1) is 29.8. The number of amides is 1. The predicted molar refractivity (Wildman–Crippen MR) is 146 cm³/mol. The Morgan fingerprint density at radius 1 is 1.13 bits per heavy atom. The molecule has 2 fully saturated rings. The summed E-state index contributed by atoms with van der Waals surface area (Å²) in [5.74, 6) is -0.243. The maximum atomic E-state index is 13.6. The summed E-state index contributed by atoms with van der Waals surface area (Å²) in [4.78, 5) is 27.9. The molecule has 5 atom stereocenters. The summed E-state index contributed by atoms with van der Waals surface area (Å²) in [5, 5.41) is 31.8. The first-order valence-electron chi connectivity index (χ1n) is 13.3. The van der Waals surface area contributed by atoms with Gasteiger partial charge < -0.3 is 20.6 Å². The van der Waals surface area contributed by atoms with E-state index in [-0.39, 0.29) is 31.6 Å². The van der Waals surface area contributed by atoms with Crippen molar-refractivity contribution in [2.24, 2.45) is 17.3 Å². The molecule has 1 saturated heterocycles. The van der Waals surface area contributed by atoms with Crippen LogP contribution >= 0.6 is 0 Å². The van der Waals surface area contributed by atoms with Crippen molar-refractivity contribution in [2.75, 3.05) is 13.2 Å².